The van der Waals surface area contributed by atoms with Crippen LogP contribution in [0, 0.1) is 0 Å². The summed E-state index contributed by atoms with van der Waals surface area (Å²) in [5.74, 6) is -0.396. The minimum absolute atomic E-state index is 0.0667. The summed E-state index contributed by atoms with van der Waals surface area (Å²) in [5.41, 5.74) is -1.53. The molecule has 0 radical (unpaired) electrons. The molecule has 1 aromatic rings. The van der Waals surface area contributed by atoms with Gasteiger partial charge >= 0.3 is 6.18 Å². The Morgan fingerprint density at radius 2 is 2.08 bits per heavy atom. The first kappa shape index (κ1) is 18.1. The van der Waals surface area contributed by atoms with Crippen LogP contribution in [-0.2, 0) is 10.2 Å². The molecule has 0 bridgehead atoms. The number of likely N-dealkylation sites (N-methyl/N-ethyl adjacent to an activating group) is 1. The first-order valence-electron chi connectivity index (χ1n) is 8.35. The molecular weight excluding hydrogens is 353 g/mol. The van der Waals surface area contributed by atoms with E-state index in [9.17, 15) is 18.0 Å². The second-order valence-electron chi connectivity index (χ2n) is 6.65. The monoisotopic (exact) mass is 372 g/mol. The highest BCUT2D eigenvalue weighted by Gasteiger charge is 2.61. The fourth-order valence-electron chi connectivity index (χ4n) is 3.85. The molecule has 0 saturated heterocycles. The van der Waals surface area contributed by atoms with Gasteiger partial charge in [-0.05, 0) is 42.2 Å². The predicted molar refractivity (Wildman–Crippen MR) is 91.6 cm³/mol. The van der Waals surface area contributed by atoms with Crippen LogP contribution in [0.4, 0.5) is 18.9 Å². The zero-order chi connectivity index (χ0) is 18.4. The van der Waals surface area contributed by atoms with Crippen molar-refractivity contribution >= 4 is 23.2 Å². The molecule has 0 saturated carbocycles. The van der Waals surface area contributed by atoms with Crippen LogP contribution in [0.2, 0.25) is 5.02 Å². The van der Waals surface area contributed by atoms with Gasteiger partial charge in [-0.1, -0.05) is 31.4 Å². The Kier molecular flexibility index (Phi) is 4.52. The van der Waals surface area contributed by atoms with Crippen LogP contribution in [0.3, 0.4) is 0 Å². The highest BCUT2D eigenvalue weighted by molar-refractivity contribution is 6.30. The lowest BCUT2D eigenvalue weighted by Gasteiger charge is -2.46. The summed E-state index contributed by atoms with van der Waals surface area (Å²) in [4.78, 5) is 14.0. The number of amides is 1. The van der Waals surface area contributed by atoms with E-state index in [-0.39, 0.29) is 41.2 Å². The molecule has 2 aliphatic heterocycles. The highest BCUT2D eigenvalue weighted by atomic mass is 35.5. The molecule has 2 aliphatic rings. The average molecular weight is 373 g/mol. The Hall–Kier alpha value is -1.69. The van der Waals surface area contributed by atoms with E-state index in [1.165, 1.54) is 23.1 Å². The number of hydrogen-bond donors (Lipinski definition) is 1. The topological polar surface area (TPSA) is 32.3 Å². The maximum atomic E-state index is 14.5. The van der Waals surface area contributed by atoms with Gasteiger partial charge in [0.15, 0.2) is 0 Å². The van der Waals surface area contributed by atoms with Crippen LogP contribution >= 0.6 is 11.6 Å². The van der Waals surface area contributed by atoms with Gasteiger partial charge in [0, 0.05) is 24.3 Å². The molecule has 25 heavy (non-hydrogen) atoms. The number of halogens is 4. The van der Waals surface area contributed by atoms with Gasteiger partial charge in [-0.25, -0.2) is 0 Å². The normalized spacial score (nSPS) is 23.3. The molecule has 0 aliphatic carbocycles. The number of unbranched alkanes of at least 4 members (excludes halogenated alkanes) is 1. The van der Waals surface area contributed by atoms with Crippen LogP contribution in [0.25, 0.3) is 0 Å². The molecule has 1 N–H and O–H groups in total. The van der Waals surface area contributed by atoms with Gasteiger partial charge in [0.1, 0.15) is 11.1 Å². The highest BCUT2D eigenvalue weighted by Crippen LogP contribution is 2.57. The summed E-state index contributed by atoms with van der Waals surface area (Å²) >= 11 is 6.03. The first-order valence-corrected chi connectivity index (χ1v) is 8.73. The van der Waals surface area contributed by atoms with Gasteiger partial charge in [0.25, 0.3) is 5.91 Å². The SMILES string of the molecule is CCCCC1(C(F)(F)F)C2=C(Nc3ccc(Cl)cc31)C(=O)N(C)CC2. The summed E-state index contributed by atoms with van der Waals surface area (Å²) in [6.07, 6.45) is -3.36. The Morgan fingerprint density at radius 1 is 1.36 bits per heavy atom. The summed E-state index contributed by atoms with van der Waals surface area (Å²) in [7, 11) is 1.60. The van der Waals surface area contributed by atoms with Crippen molar-refractivity contribution in [2.24, 2.45) is 0 Å². The number of hydrogen-bond acceptors (Lipinski definition) is 2. The molecule has 1 atom stereocenters. The molecule has 2 heterocycles. The van der Waals surface area contributed by atoms with Gasteiger partial charge in [-0.3, -0.25) is 4.79 Å². The first-order chi connectivity index (χ1) is 11.7. The lowest BCUT2D eigenvalue weighted by atomic mass is 9.65. The van der Waals surface area contributed by atoms with Crippen LogP contribution < -0.4 is 5.32 Å². The fourth-order valence-corrected chi connectivity index (χ4v) is 4.02. The lowest BCUT2D eigenvalue weighted by Crippen LogP contribution is -2.52. The van der Waals surface area contributed by atoms with Crippen molar-refractivity contribution in [2.75, 3.05) is 18.9 Å². The maximum absolute atomic E-state index is 14.5. The Bertz CT molecular complexity index is 744. The zero-order valence-electron chi connectivity index (χ0n) is 14.1. The van der Waals surface area contributed by atoms with Crippen molar-refractivity contribution in [2.45, 2.75) is 44.2 Å². The van der Waals surface area contributed by atoms with E-state index in [1.54, 1.807) is 7.05 Å². The quantitative estimate of drug-likeness (QED) is 0.820. The van der Waals surface area contributed by atoms with Crippen LogP contribution in [0.1, 0.15) is 38.2 Å². The smallest absolute Gasteiger partial charge is 0.351 e. The van der Waals surface area contributed by atoms with Crippen molar-refractivity contribution in [1.82, 2.24) is 4.90 Å². The van der Waals surface area contributed by atoms with Crippen molar-refractivity contribution < 1.29 is 18.0 Å². The number of fused-ring (bicyclic) bond motifs is 1. The van der Waals surface area contributed by atoms with E-state index in [4.69, 9.17) is 11.6 Å². The summed E-state index contributed by atoms with van der Waals surface area (Å²) in [5, 5.41) is 3.20. The van der Waals surface area contributed by atoms with Crippen molar-refractivity contribution in [3.63, 3.8) is 0 Å². The summed E-state index contributed by atoms with van der Waals surface area (Å²) in [6, 6.07) is 4.45. The number of rotatable bonds is 3. The number of nitrogens with zero attached hydrogens (tertiary/aromatic N) is 1. The van der Waals surface area contributed by atoms with Gasteiger partial charge in [-0.2, -0.15) is 13.2 Å². The Labute approximate surface area is 149 Å². The number of benzene rings is 1. The lowest BCUT2D eigenvalue weighted by molar-refractivity contribution is -0.183. The molecule has 136 valence electrons. The van der Waals surface area contributed by atoms with E-state index in [1.807, 2.05) is 6.92 Å². The van der Waals surface area contributed by atoms with Gasteiger partial charge in [0.2, 0.25) is 0 Å². The van der Waals surface area contributed by atoms with Gasteiger partial charge in [-0.15, -0.1) is 0 Å². The molecule has 0 fully saturated rings. The zero-order valence-corrected chi connectivity index (χ0v) is 14.9. The molecule has 1 unspecified atom stereocenters. The summed E-state index contributed by atoms with van der Waals surface area (Å²) in [6.45, 7) is 2.14. The van der Waals surface area contributed by atoms with Crippen LogP contribution in [0.5, 0.6) is 0 Å². The van der Waals surface area contributed by atoms with E-state index in [0.29, 0.717) is 18.5 Å². The minimum Gasteiger partial charge on any atom is -0.351 e. The Morgan fingerprint density at radius 3 is 2.72 bits per heavy atom. The summed E-state index contributed by atoms with van der Waals surface area (Å²) < 4.78 is 43.5. The fraction of sp³-hybridized carbons (Fsp3) is 0.500. The number of anilines is 1. The van der Waals surface area contributed by atoms with E-state index in [0.717, 1.165) is 0 Å². The molecule has 3 rings (SSSR count). The number of alkyl halides is 3. The van der Waals surface area contributed by atoms with Crippen molar-refractivity contribution in [3.8, 4) is 0 Å². The second-order valence-corrected chi connectivity index (χ2v) is 7.09. The van der Waals surface area contributed by atoms with Crippen molar-refractivity contribution in [3.05, 3.63) is 40.1 Å². The average Bonchev–Trinajstić information content (AvgIpc) is 2.54. The molecule has 1 amide bonds. The van der Waals surface area contributed by atoms with E-state index >= 15 is 0 Å². The predicted octanol–water partition coefficient (Wildman–Crippen LogP) is 4.87. The van der Waals surface area contributed by atoms with E-state index < -0.39 is 17.5 Å². The van der Waals surface area contributed by atoms with Gasteiger partial charge < -0.3 is 10.2 Å². The third-order valence-electron chi connectivity index (χ3n) is 5.17. The molecule has 0 spiro atoms. The van der Waals surface area contributed by atoms with Crippen LogP contribution in [0.15, 0.2) is 29.5 Å². The third-order valence-corrected chi connectivity index (χ3v) is 5.40. The van der Waals surface area contributed by atoms with E-state index in [2.05, 4.69) is 5.32 Å². The van der Waals surface area contributed by atoms with Crippen LogP contribution in [-0.4, -0.2) is 30.6 Å². The van der Waals surface area contributed by atoms with Gasteiger partial charge in [0.05, 0.1) is 0 Å². The molecule has 1 aromatic carbocycles. The second kappa shape index (κ2) is 6.24. The molecule has 7 heteroatoms. The largest absolute Gasteiger partial charge is 0.402 e. The number of carbonyl (C=O) groups is 1. The molecule has 0 aromatic heterocycles. The maximum Gasteiger partial charge on any atom is 0.402 e. The Balaban J connectivity index is 2.31. The standard InChI is InChI=1S/C18H20ClF3N2O/c1-3-4-8-17(18(20,21)22)12-7-9-24(2)16(25)15(12)23-14-6-5-11(19)10-13(14)17/h5-6,10,23H,3-4,7-9H2,1-2H3. The minimum atomic E-state index is -4.51. The molecular formula is C18H20ClF3N2O. The molecule has 3 nitrogen and oxygen atoms in total. The number of nitrogens with one attached hydrogen (secondary N) is 1. The number of carbonyl (C=O) groups excluding carboxylic acids is 1. The third kappa shape index (κ3) is 2.71. The van der Waals surface area contributed by atoms with Crippen molar-refractivity contribution in [1.29, 1.82) is 0 Å².